The van der Waals surface area contributed by atoms with Gasteiger partial charge in [0.2, 0.25) is 0 Å². The third-order valence-electron chi connectivity index (χ3n) is 3.24. The molecule has 4 N–H and O–H groups in total. The van der Waals surface area contributed by atoms with Crippen molar-refractivity contribution in [2.75, 3.05) is 10.6 Å². The Kier molecular flexibility index (Phi) is 5.90. The Morgan fingerprint density at radius 2 is 1.30 bits per heavy atom. The first-order valence-corrected chi connectivity index (χ1v) is 8.03. The van der Waals surface area contributed by atoms with Crippen molar-refractivity contribution in [3.8, 4) is 0 Å². The van der Waals surface area contributed by atoms with Crippen LogP contribution in [-0.4, -0.2) is 10.2 Å². The number of benzene rings is 2. The predicted molar refractivity (Wildman–Crippen MR) is 106 cm³/mol. The van der Waals surface area contributed by atoms with E-state index in [-0.39, 0.29) is 0 Å². The lowest BCUT2D eigenvalue weighted by atomic mass is 10.1. The van der Waals surface area contributed by atoms with Gasteiger partial charge in [-0.05, 0) is 74.5 Å². The van der Waals surface area contributed by atoms with Crippen LogP contribution in [0.15, 0.2) is 42.5 Å². The molecular weight excluding hydrogens is 324 g/mol. The number of aryl methyl sites for hydroxylation is 3. The summed E-state index contributed by atoms with van der Waals surface area (Å²) in [6.45, 7) is 6.11. The lowest BCUT2D eigenvalue weighted by Gasteiger charge is -2.15. The monoisotopic (exact) mass is 344 g/mol. The summed E-state index contributed by atoms with van der Waals surface area (Å²) in [6, 6.07) is 14.1. The third kappa shape index (κ3) is 5.50. The van der Waals surface area contributed by atoms with E-state index >= 15 is 0 Å². The van der Waals surface area contributed by atoms with Gasteiger partial charge in [-0.1, -0.05) is 29.8 Å². The highest BCUT2D eigenvalue weighted by Gasteiger charge is 2.02. The zero-order valence-corrected chi connectivity index (χ0v) is 15.0. The number of thiocarbonyl (C=S) groups is 2. The van der Waals surface area contributed by atoms with Crippen LogP contribution in [0.25, 0.3) is 0 Å². The molecule has 0 amide bonds. The molecule has 0 saturated heterocycles. The van der Waals surface area contributed by atoms with Crippen molar-refractivity contribution < 1.29 is 0 Å². The second kappa shape index (κ2) is 7.89. The van der Waals surface area contributed by atoms with E-state index < -0.39 is 0 Å². The van der Waals surface area contributed by atoms with Crippen molar-refractivity contribution in [3.63, 3.8) is 0 Å². The van der Waals surface area contributed by atoms with Crippen LogP contribution in [0.1, 0.15) is 16.7 Å². The molecule has 4 nitrogen and oxygen atoms in total. The molecule has 23 heavy (non-hydrogen) atoms. The third-order valence-corrected chi connectivity index (χ3v) is 3.65. The van der Waals surface area contributed by atoms with Crippen LogP contribution in [0.4, 0.5) is 11.4 Å². The molecule has 120 valence electrons. The zero-order valence-electron chi connectivity index (χ0n) is 13.4. The van der Waals surface area contributed by atoms with Crippen LogP contribution in [0.3, 0.4) is 0 Å². The molecule has 0 fully saturated rings. The van der Waals surface area contributed by atoms with Crippen LogP contribution < -0.4 is 21.5 Å². The molecule has 0 spiro atoms. The van der Waals surface area contributed by atoms with Gasteiger partial charge in [-0.2, -0.15) is 0 Å². The van der Waals surface area contributed by atoms with Gasteiger partial charge in [0.05, 0.1) is 0 Å². The minimum absolute atomic E-state index is 0.443. The van der Waals surface area contributed by atoms with Crippen molar-refractivity contribution in [2.45, 2.75) is 20.8 Å². The van der Waals surface area contributed by atoms with E-state index in [0.29, 0.717) is 10.2 Å². The number of anilines is 2. The van der Waals surface area contributed by atoms with E-state index in [2.05, 4.69) is 33.6 Å². The standard InChI is InChI=1S/C17H20N4S2/c1-11-5-8-14(9-6-11)18-16(22)20-21-17(23)19-15-10-12(2)4-7-13(15)3/h4-10H,1-3H3,(H2,18,20,22)(H2,19,21,23). The number of nitrogens with one attached hydrogen (secondary N) is 4. The quantitative estimate of drug-likeness (QED) is 0.491. The molecule has 2 aromatic rings. The maximum Gasteiger partial charge on any atom is 0.189 e. The first-order chi connectivity index (χ1) is 10.9. The highest BCUT2D eigenvalue weighted by molar-refractivity contribution is 7.81. The van der Waals surface area contributed by atoms with Crippen LogP contribution in [0, 0.1) is 20.8 Å². The molecule has 6 heteroatoms. The topological polar surface area (TPSA) is 48.1 Å². The molecule has 0 bridgehead atoms. The molecule has 0 radical (unpaired) electrons. The molecule has 2 rings (SSSR count). The number of hydrogen-bond acceptors (Lipinski definition) is 2. The Morgan fingerprint density at radius 1 is 0.739 bits per heavy atom. The highest BCUT2D eigenvalue weighted by atomic mass is 32.1. The van der Waals surface area contributed by atoms with E-state index in [1.54, 1.807) is 0 Å². The average Bonchev–Trinajstić information content (AvgIpc) is 2.51. The van der Waals surface area contributed by atoms with Gasteiger partial charge in [0.1, 0.15) is 0 Å². The fourth-order valence-corrected chi connectivity index (χ4v) is 2.27. The smallest absolute Gasteiger partial charge is 0.189 e. The van der Waals surface area contributed by atoms with Crippen LogP contribution >= 0.6 is 24.4 Å². The summed E-state index contributed by atoms with van der Waals surface area (Å²) in [7, 11) is 0. The Bertz CT molecular complexity index is 711. The number of hydrogen-bond donors (Lipinski definition) is 4. The summed E-state index contributed by atoms with van der Waals surface area (Å²) in [4.78, 5) is 0. The van der Waals surface area contributed by atoms with Crippen molar-refractivity contribution in [3.05, 3.63) is 59.2 Å². The van der Waals surface area contributed by atoms with E-state index in [9.17, 15) is 0 Å². The van der Waals surface area contributed by atoms with Crippen molar-refractivity contribution in [2.24, 2.45) is 0 Å². The largest absolute Gasteiger partial charge is 0.331 e. The van der Waals surface area contributed by atoms with Gasteiger partial charge < -0.3 is 10.6 Å². The minimum Gasteiger partial charge on any atom is -0.331 e. The Morgan fingerprint density at radius 3 is 1.96 bits per heavy atom. The summed E-state index contributed by atoms with van der Waals surface area (Å²) < 4.78 is 0. The second-order valence-corrected chi connectivity index (χ2v) is 6.16. The van der Waals surface area contributed by atoms with Crippen molar-refractivity contribution in [1.29, 1.82) is 0 Å². The zero-order chi connectivity index (χ0) is 16.8. The molecule has 2 aromatic carbocycles. The summed E-state index contributed by atoms with van der Waals surface area (Å²) in [5.74, 6) is 0. The summed E-state index contributed by atoms with van der Waals surface area (Å²) in [5, 5.41) is 7.12. The van der Waals surface area contributed by atoms with Crippen molar-refractivity contribution in [1.82, 2.24) is 10.9 Å². The fraction of sp³-hybridized carbons (Fsp3) is 0.176. The van der Waals surface area contributed by atoms with Crippen LogP contribution in [-0.2, 0) is 0 Å². The Labute approximate surface area is 147 Å². The second-order valence-electron chi connectivity index (χ2n) is 5.34. The number of hydrazine groups is 1. The molecule has 0 atom stereocenters. The summed E-state index contributed by atoms with van der Waals surface area (Å²) >= 11 is 10.5. The highest BCUT2D eigenvalue weighted by Crippen LogP contribution is 2.16. The summed E-state index contributed by atoms with van der Waals surface area (Å²) in [5.41, 5.74) is 11.1. The average molecular weight is 345 g/mol. The molecule has 0 aromatic heterocycles. The lowest BCUT2D eigenvalue weighted by Crippen LogP contribution is -2.45. The van der Waals surface area contributed by atoms with E-state index in [1.165, 1.54) is 11.1 Å². The van der Waals surface area contributed by atoms with Gasteiger partial charge >= 0.3 is 0 Å². The molecule has 0 aliphatic carbocycles. The maximum absolute atomic E-state index is 5.27. The minimum atomic E-state index is 0.443. The summed E-state index contributed by atoms with van der Waals surface area (Å²) in [6.07, 6.45) is 0. The van der Waals surface area contributed by atoms with E-state index in [1.807, 2.05) is 51.1 Å². The first kappa shape index (κ1) is 17.2. The molecule has 0 unspecified atom stereocenters. The van der Waals surface area contributed by atoms with E-state index in [0.717, 1.165) is 16.9 Å². The molecule has 0 heterocycles. The molecule has 0 saturated carbocycles. The molecule has 0 aliphatic heterocycles. The van der Waals surface area contributed by atoms with Gasteiger partial charge in [0.15, 0.2) is 10.2 Å². The van der Waals surface area contributed by atoms with Crippen LogP contribution in [0.5, 0.6) is 0 Å². The fourth-order valence-electron chi connectivity index (χ4n) is 1.94. The predicted octanol–water partition coefficient (Wildman–Crippen LogP) is 3.80. The molecular formula is C17H20N4S2. The van der Waals surface area contributed by atoms with E-state index in [4.69, 9.17) is 24.4 Å². The van der Waals surface area contributed by atoms with Gasteiger partial charge in [0, 0.05) is 11.4 Å². The van der Waals surface area contributed by atoms with Crippen LogP contribution in [0.2, 0.25) is 0 Å². The first-order valence-electron chi connectivity index (χ1n) is 7.22. The normalized spacial score (nSPS) is 9.87. The van der Waals surface area contributed by atoms with Gasteiger partial charge in [-0.3, -0.25) is 10.9 Å². The van der Waals surface area contributed by atoms with Crippen molar-refractivity contribution >= 4 is 46.0 Å². The van der Waals surface area contributed by atoms with Gasteiger partial charge in [-0.15, -0.1) is 0 Å². The van der Waals surface area contributed by atoms with Gasteiger partial charge in [0.25, 0.3) is 0 Å². The SMILES string of the molecule is Cc1ccc(NC(=S)NNC(=S)Nc2cc(C)ccc2C)cc1. The maximum atomic E-state index is 5.27. The lowest BCUT2D eigenvalue weighted by molar-refractivity contribution is 0.885. The number of rotatable bonds is 2. The Hall–Kier alpha value is -2.18. The Balaban J connectivity index is 1.83. The molecule has 0 aliphatic rings. The van der Waals surface area contributed by atoms with Gasteiger partial charge in [-0.25, -0.2) is 0 Å².